The van der Waals surface area contributed by atoms with Crippen LogP contribution in [0, 0.1) is 0 Å². The van der Waals surface area contributed by atoms with E-state index >= 15 is 0 Å². The number of benzene rings is 2. The fourth-order valence-electron chi connectivity index (χ4n) is 4.78. The summed E-state index contributed by atoms with van der Waals surface area (Å²) < 4.78 is 5.59. The molecule has 0 radical (unpaired) electrons. The lowest BCUT2D eigenvalue weighted by Crippen LogP contribution is -2.38. The minimum atomic E-state index is -0.414. The van der Waals surface area contributed by atoms with Crippen molar-refractivity contribution in [2.75, 3.05) is 13.2 Å². The highest BCUT2D eigenvalue weighted by molar-refractivity contribution is 6.05. The van der Waals surface area contributed by atoms with Crippen LogP contribution in [0.1, 0.15) is 52.0 Å². The first kappa shape index (κ1) is 19.7. The molecule has 0 unspecified atom stereocenters. The van der Waals surface area contributed by atoms with Crippen LogP contribution in [-0.4, -0.2) is 34.9 Å². The summed E-state index contributed by atoms with van der Waals surface area (Å²) in [6.45, 7) is 0.994. The third-order valence-electron chi connectivity index (χ3n) is 6.43. The van der Waals surface area contributed by atoms with Crippen molar-refractivity contribution in [2.45, 2.75) is 45.1 Å². The Bertz CT molecular complexity index is 1150. The number of carbonyl (C=O) groups excluding carboxylic acids is 2. The number of ether oxygens (including phenoxy) is 1. The first-order valence-corrected chi connectivity index (χ1v) is 11.1. The summed E-state index contributed by atoms with van der Waals surface area (Å²) in [7, 11) is 0. The van der Waals surface area contributed by atoms with E-state index in [1.54, 1.807) is 4.90 Å². The fraction of sp³-hybridized carbons (Fsp3) is 0.346. The van der Waals surface area contributed by atoms with Crippen LogP contribution in [0.25, 0.3) is 10.9 Å². The Morgan fingerprint density at radius 1 is 0.903 bits per heavy atom. The van der Waals surface area contributed by atoms with Gasteiger partial charge in [-0.05, 0) is 54.9 Å². The van der Waals surface area contributed by atoms with Gasteiger partial charge in [-0.2, -0.15) is 0 Å². The molecule has 5 rings (SSSR count). The summed E-state index contributed by atoms with van der Waals surface area (Å²) in [5, 5.41) is 0.812. The lowest BCUT2D eigenvalue weighted by molar-refractivity contribution is -0.135. The van der Waals surface area contributed by atoms with Crippen LogP contribution in [0.5, 0.6) is 0 Å². The van der Waals surface area contributed by atoms with Gasteiger partial charge in [0.2, 0.25) is 0 Å². The zero-order valence-electron chi connectivity index (χ0n) is 17.6. The van der Waals surface area contributed by atoms with Crippen molar-refractivity contribution in [3.05, 3.63) is 76.5 Å². The van der Waals surface area contributed by atoms with Crippen LogP contribution in [0.4, 0.5) is 0 Å². The molecule has 2 aliphatic rings. The van der Waals surface area contributed by atoms with Gasteiger partial charge >= 0.3 is 5.97 Å². The summed E-state index contributed by atoms with van der Waals surface area (Å²) in [6, 6.07) is 15.9. The lowest BCUT2D eigenvalue weighted by Gasteiger charge is -2.28. The number of para-hydroxylation sites is 1. The van der Waals surface area contributed by atoms with Gasteiger partial charge in [0.05, 0.1) is 11.1 Å². The molecular formula is C26H26N2O3. The number of amides is 1. The highest BCUT2D eigenvalue weighted by Gasteiger charge is 2.25. The van der Waals surface area contributed by atoms with Crippen LogP contribution < -0.4 is 0 Å². The normalized spacial score (nSPS) is 15.7. The molecule has 1 aliphatic carbocycles. The van der Waals surface area contributed by atoms with Gasteiger partial charge in [-0.1, -0.05) is 48.9 Å². The molecule has 5 heteroatoms. The average molecular weight is 415 g/mol. The van der Waals surface area contributed by atoms with Crippen molar-refractivity contribution in [1.29, 1.82) is 0 Å². The topological polar surface area (TPSA) is 59.5 Å². The van der Waals surface area contributed by atoms with Crippen molar-refractivity contribution >= 4 is 22.8 Å². The smallest absolute Gasteiger partial charge is 0.339 e. The van der Waals surface area contributed by atoms with E-state index in [0.717, 1.165) is 60.7 Å². The van der Waals surface area contributed by atoms with E-state index in [1.165, 1.54) is 11.1 Å². The highest BCUT2D eigenvalue weighted by Crippen LogP contribution is 2.29. The molecule has 1 aromatic heterocycles. The molecule has 0 saturated carbocycles. The molecule has 1 aliphatic heterocycles. The number of rotatable bonds is 3. The van der Waals surface area contributed by atoms with E-state index in [4.69, 9.17) is 9.72 Å². The van der Waals surface area contributed by atoms with Crippen molar-refractivity contribution in [3.8, 4) is 0 Å². The van der Waals surface area contributed by atoms with E-state index < -0.39 is 5.97 Å². The number of pyridine rings is 1. The maximum atomic E-state index is 13.2. The molecule has 31 heavy (non-hydrogen) atoms. The second-order valence-electron chi connectivity index (χ2n) is 8.40. The average Bonchev–Trinajstić information content (AvgIpc) is 3.05. The SMILES string of the molecule is O=C(OCC(=O)N1CCc2ccccc2C1)c1c2c(nc3ccccc13)CCCCC2. The Morgan fingerprint density at radius 2 is 1.68 bits per heavy atom. The molecule has 1 amide bonds. The number of esters is 1. The third kappa shape index (κ3) is 3.92. The van der Waals surface area contributed by atoms with Crippen LogP contribution in [-0.2, 0) is 35.3 Å². The first-order valence-electron chi connectivity index (χ1n) is 11.1. The second kappa shape index (κ2) is 8.50. The summed E-state index contributed by atoms with van der Waals surface area (Å²) in [4.78, 5) is 32.6. The number of aromatic nitrogens is 1. The second-order valence-corrected chi connectivity index (χ2v) is 8.40. The van der Waals surface area contributed by atoms with Gasteiger partial charge in [0.1, 0.15) is 0 Å². The van der Waals surface area contributed by atoms with Gasteiger partial charge in [-0.15, -0.1) is 0 Å². The number of carbonyl (C=O) groups is 2. The number of nitrogens with zero attached hydrogens (tertiary/aromatic N) is 2. The number of aryl methyl sites for hydroxylation is 1. The molecule has 2 aromatic carbocycles. The van der Waals surface area contributed by atoms with Gasteiger partial charge < -0.3 is 9.64 Å². The van der Waals surface area contributed by atoms with E-state index in [1.807, 2.05) is 36.4 Å². The molecule has 3 aromatic rings. The quantitative estimate of drug-likeness (QED) is 0.475. The molecular weight excluding hydrogens is 388 g/mol. The van der Waals surface area contributed by atoms with Gasteiger partial charge in [0.25, 0.3) is 5.91 Å². The molecule has 2 heterocycles. The Hall–Kier alpha value is -3.21. The number of hydrogen-bond acceptors (Lipinski definition) is 4. The molecule has 0 saturated heterocycles. The molecule has 158 valence electrons. The van der Waals surface area contributed by atoms with E-state index in [-0.39, 0.29) is 12.5 Å². The van der Waals surface area contributed by atoms with Crippen molar-refractivity contribution in [1.82, 2.24) is 9.88 Å². The van der Waals surface area contributed by atoms with Crippen molar-refractivity contribution in [3.63, 3.8) is 0 Å². The van der Waals surface area contributed by atoms with Gasteiger partial charge in [0.15, 0.2) is 6.61 Å². The largest absolute Gasteiger partial charge is 0.452 e. The highest BCUT2D eigenvalue weighted by atomic mass is 16.5. The lowest BCUT2D eigenvalue weighted by atomic mass is 9.97. The predicted octanol–water partition coefficient (Wildman–Crippen LogP) is 4.25. The Balaban J connectivity index is 1.36. The van der Waals surface area contributed by atoms with Crippen LogP contribution >= 0.6 is 0 Å². The monoisotopic (exact) mass is 414 g/mol. The fourth-order valence-corrected chi connectivity index (χ4v) is 4.78. The summed E-state index contributed by atoms with van der Waals surface area (Å²) >= 11 is 0. The van der Waals surface area contributed by atoms with Crippen LogP contribution in [0.15, 0.2) is 48.5 Å². The predicted molar refractivity (Wildman–Crippen MR) is 119 cm³/mol. The van der Waals surface area contributed by atoms with Crippen molar-refractivity contribution in [2.24, 2.45) is 0 Å². The van der Waals surface area contributed by atoms with Crippen LogP contribution in [0.3, 0.4) is 0 Å². The Morgan fingerprint density at radius 3 is 2.58 bits per heavy atom. The third-order valence-corrected chi connectivity index (χ3v) is 6.43. The van der Waals surface area contributed by atoms with Gasteiger partial charge in [0, 0.05) is 24.2 Å². The standard InChI is InChI=1S/C26H26N2O3/c29-24(28-15-14-18-8-4-5-9-19(18)16-28)17-31-26(30)25-20-10-2-1-3-12-22(20)27-23-13-7-6-11-21(23)25/h4-9,11,13H,1-3,10,12,14-17H2. The first-order chi connectivity index (χ1) is 15.2. The zero-order chi connectivity index (χ0) is 21.2. The summed E-state index contributed by atoms with van der Waals surface area (Å²) in [5.41, 5.74) is 5.87. The molecule has 0 spiro atoms. The molecule has 0 N–H and O–H groups in total. The Kier molecular flexibility index (Phi) is 5.41. The zero-order valence-corrected chi connectivity index (χ0v) is 17.6. The van der Waals surface area contributed by atoms with E-state index in [2.05, 4.69) is 12.1 Å². The Labute approximate surface area is 182 Å². The summed E-state index contributed by atoms with van der Waals surface area (Å²) in [5.74, 6) is -0.560. The maximum Gasteiger partial charge on any atom is 0.339 e. The molecule has 5 nitrogen and oxygen atoms in total. The molecule has 0 atom stereocenters. The number of hydrogen-bond donors (Lipinski definition) is 0. The van der Waals surface area contributed by atoms with Gasteiger partial charge in [-0.3, -0.25) is 9.78 Å². The van der Waals surface area contributed by atoms with Crippen LogP contribution in [0.2, 0.25) is 0 Å². The summed E-state index contributed by atoms with van der Waals surface area (Å²) in [6.07, 6.45) is 5.80. The minimum Gasteiger partial charge on any atom is -0.452 e. The maximum absolute atomic E-state index is 13.2. The van der Waals surface area contributed by atoms with Crippen molar-refractivity contribution < 1.29 is 14.3 Å². The molecule has 0 fully saturated rings. The molecule has 0 bridgehead atoms. The minimum absolute atomic E-state index is 0.146. The van der Waals surface area contributed by atoms with Gasteiger partial charge in [-0.25, -0.2) is 4.79 Å². The number of fused-ring (bicyclic) bond motifs is 3. The van der Waals surface area contributed by atoms with E-state index in [9.17, 15) is 9.59 Å². The van der Waals surface area contributed by atoms with E-state index in [0.29, 0.717) is 18.7 Å².